The van der Waals surface area contributed by atoms with E-state index in [1.807, 2.05) is 11.6 Å². The predicted molar refractivity (Wildman–Crippen MR) is 63.9 cm³/mol. The average molecular weight is 225 g/mol. The van der Waals surface area contributed by atoms with Crippen LogP contribution in [0.15, 0.2) is 0 Å². The Hall–Kier alpha value is -0.970. The molecule has 0 saturated carbocycles. The summed E-state index contributed by atoms with van der Waals surface area (Å²) in [6, 6.07) is 0.237. The van der Waals surface area contributed by atoms with E-state index in [1.54, 1.807) is 0 Å². The first-order valence-corrected chi connectivity index (χ1v) is 6.20. The molecule has 92 valence electrons. The quantitative estimate of drug-likeness (QED) is 0.722. The molecule has 5 nitrogen and oxygen atoms in total. The molecule has 2 unspecified atom stereocenters. The molecule has 0 radical (unpaired) electrons. The van der Waals surface area contributed by atoms with E-state index in [1.165, 1.54) is 25.7 Å². The molecule has 0 aromatic carbocycles. The van der Waals surface area contributed by atoms with Crippen molar-refractivity contribution in [3.63, 3.8) is 0 Å². The van der Waals surface area contributed by atoms with Crippen LogP contribution >= 0.6 is 0 Å². The smallest absolute Gasteiger partial charge is 0.167 e. The molecule has 0 spiro atoms. The largest absolute Gasteiger partial charge is 0.322 e. The Bertz CT molecular complexity index is 294. The summed E-state index contributed by atoms with van der Waals surface area (Å²) in [6.45, 7) is 6.28. The van der Waals surface area contributed by atoms with E-state index >= 15 is 0 Å². The van der Waals surface area contributed by atoms with Gasteiger partial charge in [0.15, 0.2) is 5.82 Å². The maximum absolute atomic E-state index is 5.81. The molecule has 0 bridgehead atoms. The number of hydrogen-bond donors (Lipinski definition) is 1. The van der Waals surface area contributed by atoms with Crippen LogP contribution in [0.5, 0.6) is 0 Å². The van der Waals surface area contributed by atoms with Crippen molar-refractivity contribution in [3.8, 4) is 0 Å². The SMILES string of the molecule is CCCCCCC(C)n1nnnc1C(C)N. The highest BCUT2D eigenvalue weighted by Crippen LogP contribution is 2.17. The van der Waals surface area contributed by atoms with Crippen LogP contribution in [0.25, 0.3) is 0 Å². The van der Waals surface area contributed by atoms with E-state index in [2.05, 4.69) is 29.4 Å². The maximum Gasteiger partial charge on any atom is 0.167 e. The van der Waals surface area contributed by atoms with E-state index < -0.39 is 0 Å². The fraction of sp³-hybridized carbons (Fsp3) is 0.909. The molecule has 0 aliphatic carbocycles. The van der Waals surface area contributed by atoms with Gasteiger partial charge in [0, 0.05) is 0 Å². The van der Waals surface area contributed by atoms with Crippen LogP contribution in [0.2, 0.25) is 0 Å². The first kappa shape index (κ1) is 13.1. The van der Waals surface area contributed by atoms with Gasteiger partial charge in [0.25, 0.3) is 0 Å². The van der Waals surface area contributed by atoms with Crippen LogP contribution < -0.4 is 5.73 Å². The summed E-state index contributed by atoms with van der Waals surface area (Å²) in [5.74, 6) is 0.781. The molecule has 2 N–H and O–H groups in total. The highest BCUT2D eigenvalue weighted by atomic mass is 15.6. The van der Waals surface area contributed by atoms with Gasteiger partial charge in [0.1, 0.15) is 0 Å². The van der Waals surface area contributed by atoms with Crippen LogP contribution in [-0.2, 0) is 0 Å². The zero-order valence-electron chi connectivity index (χ0n) is 10.6. The number of tetrazole rings is 1. The summed E-state index contributed by atoms with van der Waals surface area (Å²) in [6.07, 6.45) is 6.21. The van der Waals surface area contributed by atoms with E-state index in [0.29, 0.717) is 6.04 Å². The molecule has 1 aromatic heterocycles. The summed E-state index contributed by atoms with van der Waals surface area (Å²) < 4.78 is 1.86. The van der Waals surface area contributed by atoms with Gasteiger partial charge in [-0.25, -0.2) is 4.68 Å². The summed E-state index contributed by atoms with van der Waals surface area (Å²) >= 11 is 0. The molecule has 0 fully saturated rings. The zero-order valence-corrected chi connectivity index (χ0v) is 10.6. The fourth-order valence-electron chi connectivity index (χ4n) is 1.80. The molecule has 5 heteroatoms. The molecule has 0 aliphatic heterocycles. The van der Waals surface area contributed by atoms with E-state index in [-0.39, 0.29) is 6.04 Å². The highest BCUT2D eigenvalue weighted by molar-refractivity contribution is 4.89. The van der Waals surface area contributed by atoms with E-state index in [9.17, 15) is 0 Å². The lowest BCUT2D eigenvalue weighted by Gasteiger charge is -2.14. The number of unbranched alkanes of at least 4 members (excludes halogenated alkanes) is 3. The second-order valence-electron chi connectivity index (χ2n) is 4.47. The van der Waals surface area contributed by atoms with Crippen molar-refractivity contribution < 1.29 is 0 Å². The first-order chi connectivity index (χ1) is 7.66. The lowest BCUT2D eigenvalue weighted by atomic mass is 10.1. The number of nitrogens with zero attached hydrogens (tertiary/aromatic N) is 4. The fourth-order valence-corrected chi connectivity index (χ4v) is 1.80. The Balaban J connectivity index is 2.46. The zero-order chi connectivity index (χ0) is 12.0. The lowest BCUT2D eigenvalue weighted by molar-refractivity contribution is 0.406. The molecule has 0 saturated heterocycles. The lowest BCUT2D eigenvalue weighted by Crippen LogP contribution is -2.17. The van der Waals surface area contributed by atoms with Gasteiger partial charge in [-0.1, -0.05) is 32.6 Å². The average Bonchev–Trinajstić information content (AvgIpc) is 2.73. The number of nitrogens with two attached hydrogens (primary N) is 1. The van der Waals surface area contributed by atoms with Crippen molar-refractivity contribution in [1.29, 1.82) is 0 Å². The molecular weight excluding hydrogens is 202 g/mol. The molecule has 0 amide bonds. The molecular formula is C11H23N5. The minimum atomic E-state index is -0.104. The molecule has 1 rings (SSSR count). The van der Waals surface area contributed by atoms with Gasteiger partial charge < -0.3 is 5.73 Å². The van der Waals surface area contributed by atoms with Crippen LogP contribution in [0.3, 0.4) is 0 Å². The first-order valence-electron chi connectivity index (χ1n) is 6.20. The number of rotatable bonds is 7. The summed E-state index contributed by atoms with van der Waals surface area (Å²) in [4.78, 5) is 0. The van der Waals surface area contributed by atoms with E-state index in [0.717, 1.165) is 12.2 Å². The van der Waals surface area contributed by atoms with Crippen LogP contribution in [-0.4, -0.2) is 20.2 Å². The van der Waals surface area contributed by atoms with Gasteiger partial charge >= 0.3 is 0 Å². The Morgan fingerprint density at radius 1 is 1.25 bits per heavy atom. The van der Waals surface area contributed by atoms with Crippen molar-refractivity contribution in [2.45, 2.75) is 65.0 Å². The molecule has 1 aromatic rings. The maximum atomic E-state index is 5.81. The van der Waals surface area contributed by atoms with Crippen LogP contribution in [0.1, 0.15) is 70.8 Å². The van der Waals surface area contributed by atoms with Gasteiger partial charge in [0.2, 0.25) is 0 Å². The van der Waals surface area contributed by atoms with Gasteiger partial charge in [0.05, 0.1) is 12.1 Å². The molecule has 2 atom stereocenters. The van der Waals surface area contributed by atoms with Crippen molar-refractivity contribution in [3.05, 3.63) is 5.82 Å². The van der Waals surface area contributed by atoms with Gasteiger partial charge in [-0.15, -0.1) is 5.10 Å². The second-order valence-corrected chi connectivity index (χ2v) is 4.47. The number of aromatic nitrogens is 4. The summed E-state index contributed by atoms with van der Waals surface area (Å²) in [7, 11) is 0. The van der Waals surface area contributed by atoms with E-state index in [4.69, 9.17) is 5.73 Å². The van der Waals surface area contributed by atoms with Crippen LogP contribution in [0.4, 0.5) is 0 Å². The normalized spacial score (nSPS) is 15.0. The Labute approximate surface area is 97.4 Å². The van der Waals surface area contributed by atoms with Crippen molar-refractivity contribution in [1.82, 2.24) is 20.2 Å². The second kappa shape index (κ2) is 6.58. The molecule has 1 heterocycles. The number of hydrogen-bond acceptors (Lipinski definition) is 4. The van der Waals surface area contributed by atoms with Crippen molar-refractivity contribution in [2.75, 3.05) is 0 Å². The topological polar surface area (TPSA) is 69.6 Å². The third kappa shape index (κ3) is 3.56. The predicted octanol–water partition coefficient (Wildman–Crippen LogP) is 2.22. The Morgan fingerprint density at radius 2 is 2.00 bits per heavy atom. The third-order valence-corrected chi connectivity index (χ3v) is 2.82. The van der Waals surface area contributed by atoms with Crippen molar-refractivity contribution in [2.24, 2.45) is 5.73 Å². The van der Waals surface area contributed by atoms with Crippen LogP contribution in [0, 0.1) is 0 Å². The Morgan fingerprint density at radius 3 is 2.62 bits per heavy atom. The summed E-state index contributed by atoms with van der Waals surface area (Å²) in [5.41, 5.74) is 5.81. The minimum Gasteiger partial charge on any atom is -0.322 e. The highest BCUT2D eigenvalue weighted by Gasteiger charge is 2.15. The summed E-state index contributed by atoms with van der Waals surface area (Å²) in [5, 5.41) is 11.7. The monoisotopic (exact) mass is 225 g/mol. The molecule has 0 aliphatic rings. The van der Waals surface area contributed by atoms with Gasteiger partial charge in [-0.05, 0) is 30.7 Å². The van der Waals surface area contributed by atoms with Gasteiger partial charge in [-0.3, -0.25) is 0 Å². The molecule has 16 heavy (non-hydrogen) atoms. The minimum absolute atomic E-state index is 0.104. The third-order valence-electron chi connectivity index (χ3n) is 2.82. The van der Waals surface area contributed by atoms with Crippen molar-refractivity contribution >= 4 is 0 Å². The Kier molecular flexibility index (Phi) is 5.38. The standard InChI is InChI=1S/C11H23N5/c1-4-5-6-7-8-9(2)16-11(10(3)12)13-14-15-16/h9-10H,4-8,12H2,1-3H3. The van der Waals surface area contributed by atoms with Gasteiger partial charge in [-0.2, -0.15) is 0 Å².